The molecule has 0 spiro atoms. The van der Waals surface area contributed by atoms with E-state index in [4.69, 9.17) is 5.26 Å². The molecule has 0 saturated carbocycles. The van der Waals surface area contributed by atoms with Crippen LogP contribution in [0.25, 0.3) is 0 Å². The lowest BCUT2D eigenvalue weighted by Crippen LogP contribution is -2.43. The molecule has 1 aliphatic rings. The third-order valence-electron chi connectivity index (χ3n) is 2.25. The van der Waals surface area contributed by atoms with E-state index < -0.39 is 0 Å². The molecule has 1 saturated heterocycles. The number of nitrogens with one attached hydrogen (secondary N) is 1. The number of hydrogen-bond acceptors (Lipinski definition) is 3. The summed E-state index contributed by atoms with van der Waals surface area (Å²) in [5, 5.41) is 11.6. The van der Waals surface area contributed by atoms with Gasteiger partial charge in [-0.15, -0.1) is 6.58 Å². The van der Waals surface area contributed by atoms with Crippen molar-refractivity contribution in [3.63, 3.8) is 0 Å². The summed E-state index contributed by atoms with van der Waals surface area (Å²) in [5.74, 6) is 0.0175. The molecule has 0 aromatic heterocycles. The lowest BCUT2D eigenvalue weighted by Gasteiger charge is -2.21. The summed E-state index contributed by atoms with van der Waals surface area (Å²) in [7, 11) is 0. The van der Waals surface area contributed by atoms with Crippen molar-refractivity contribution in [1.82, 2.24) is 10.2 Å². The largest absolute Gasteiger partial charge is 0.338 e. The molecule has 4 nitrogen and oxygen atoms in total. The molecular formula is C10H15N3O. The second-order valence-electron chi connectivity index (χ2n) is 3.30. The summed E-state index contributed by atoms with van der Waals surface area (Å²) in [4.78, 5) is 13.5. The molecule has 0 aromatic carbocycles. The molecule has 1 rings (SSSR count). The smallest absolute Gasteiger partial charge is 0.241 e. The maximum Gasteiger partial charge on any atom is 0.241 e. The van der Waals surface area contributed by atoms with Crippen LogP contribution in [-0.2, 0) is 4.79 Å². The summed E-state index contributed by atoms with van der Waals surface area (Å²) >= 11 is 0. The second-order valence-corrected chi connectivity index (χ2v) is 3.30. The van der Waals surface area contributed by atoms with E-state index in [0.29, 0.717) is 6.54 Å². The topological polar surface area (TPSA) is 56.1 Å². The van der Waals surface area contributed by atoms with Gasteiger partial charge in [-0.05, 0) is 13.0 Å². The van der Waals surface area contributed by atoms with Crippen LogP contribution in [0.2, 0.25) is 0 Å². The van der Waals surface area contributed by atoms with Gasteiger partial charge in [-0.1, -0.05) is 6.08 Å². The number of nitrogens with zero attached hydrogens (tertiary/aromatic N) is 2. The van der Waals surface area contributed by atoms with Crippen molar-refractivity contribution in [3.05, 3.63) is 12.7 Å². The molecule has 1 heterocycles. The Hall–Kier alpha value is -1.34. The van der Waals surface area contributed by atoms with Crippen molar-refractivity contribution in [2.45, 2.75) is 18.9 Å². The van der Waals surface area contributed by atoms with Crippen molar-refractivity contribution < 1.29 is 4.79 Å². The first-order valence-electron chi connectivity index (χ1n) is 4.79. The van der Waals surface area contributed by atoms with Gasteiger partial charge in [-0.2, -0.15) is 5.26 Å². The van der Waals surface area contributed by atoms with Gasteiger partial charge >= 0.3 is 0 Å². The van der Waals surface area contributed by atoms with E-state index in [1.165, 1.54) is 0 Å². The Kier molecular flexibility index (Phi) is 4.14. The molecule has 1 aliphatic heterocycles. The molecule has 0 radical (unpaired) electrons. The highest BCUT2D eigenvalue weighted by molar-refractivity contribution is 5.82. The molecule has 14 heavy (non-hydrogen) atoms. The molecule has 0 aliphatic carbocycles. The van der Waals surface area contributed by atoms with Crippen LogP contribution in [-0.4, -0.2) is 36.5 Å². The fourth-order valence-corrected chi connectivity index (χ4v) is 1.55. The molecular weight excluding hydrogens is 178 g/mol. The van der Waals surface area contributed by atoms with E-state index in [2.05, 4.69) is 11.9 Å². The van der Waals surface area contributed by atoms with Crippen molar-refractivity contribution in [1.29, 1.82) is 5.26 Å². The maximum atomic E-state index is 11.8. The SMILES string of the molecule is C=CCN1CCCNC(CC#N)C1=O. The molecule has 76 valence electrons. The average Bonchev–Trinajstić information content (AvgIpc) is 2.34. The highest BCUT2D eigenvalue weighted by atomic mass is 16.2. The predicted octanol–water partition coefficient (Wildman–Crippen LogP) is 0.277. The third kappa shape index (κ3) is 2.57. The quantitative estimate of drug-likeness (QED) is 0.655. The molecule has 1 amide bonds. The first-order valence-corrected chi connectivity index (χ1v) is 4.79. The Balaban J connectivity index is 2.64. The maximum absolute atomic E-state index is 11.8. The molecule has 1 atom stereocenters. The first kappa shape index (κ1) is 10.7. The molecule has 1 unspecified atom stereocenters. The van der Waals surface area contributed by atoms with Crippen LogP contribution in [0.5, 0.6) is 0 Å². The molecule has 1 N–H and O–H groups in total. The summed E-state index contributed by atoms with van der Waals surface area (Å²) in [6.07, 6.45) is 2.89. The van der Waals surface area contributed by atoms with Crippen molar-refractivity contribution in [2.24, 2.45) is 0 Å². The number of carbonyl (C=O) groups excluding carboxylic acids is 1. The highest BCUT2D eigenvalue weighted by Crippen LogP contribution is 2.05. The Bertz CT molecular complexity index is 257. The van der Waals surface area contributed by atoms with E-state index in [1.807, 2.05) is 6.07 Å². The van der Waals surface area contributed by atoms with Crippen LogP contribution in [0, 0.1) is 11.3 Å². The zero-order valence-corrected chi connectivity index (χ0v) is 8.20. The van der Waals surface area contributed by atoms with Gasteiger partial charge in [0.05, 0.1) is 18.5 Å². The number of amides is 1. The zero-order valence-electron chi connectivity index (χ0n) is 8.20. The molecule has 0 bridgehead atoms. The third-order valence-corrected chi connectivity index (χ3v) is 2.25. The van der Waals surface area contributed by atoms with Crippen LogP contribution in [0.1, 0.15) is 12.8 Å². The van der Waals surface area contributed by atoms with Crippen LogP contribution >= 0.6 is 0 Å². The number of hydrogen-bond donors (Lipinski definition) is 1. The Labute approximate surface area is 84.2 Å². The Morgan fingerprint density at radius 2 is 2.57 bits per heavy atom. The normalized spacial score (nSPS) is 22.6. The monoisotopic (exact) mass is 193 g/mol. The van der Waals surface area contributed by atoms with Gasteiger partial charge in [0.25, 0.3) is 0 Å². The highest BCUT2D eigenvalue weighted by Gasteiger charge is 2.25. The minimum Gasteiger partial charge on any atom is -0.338 e. The van der Waals surface area contributed by atoms with Crippen LogP contribution < -0.4 is 5.32 Å². The number of rotatable bonds is 3. The van der Waals surface area contributed by atoms with Gasteiger partial charge in [-0.25, -0.2) is 0 Å². The summed E-state index contributed by atoms with van der Waals surface area (Å²) < 4.78 is 0. The van der Waals surface area contributed by atoms with Crippen LogP contribution in [0.4, 0.5) is 0 Å². The standard InChI is InChI=1S/C10H15N3O/c1-2-7-13-8-3-6-12-9(4-5-11)10(13)14/h2,9,12H,1,3-4,6-8H2. The van der Waals surface area contributed by atoms with Gasteiger partial charge < -0.3 is 10.2 Å². The first-order chi connectivity index (χ1) is 6.79. The van der Waals surface area contributed by atoms with E-state index in [0.717, 1.165) is 19.5 Å². The van der Waals surface area contributed by atoms with Crippen molar-refractivity contribution >= 4 is 5.91 Å². The zero-order chi connectivity index (χ0) is 10.4. The van der Waals surface area contributed by atoms with E-state index in [-0.39, 0.29) is 18.4 Å². The van der Waals surface area contributed by atoms with Gasteiger partial charge in [0, 0.05) is 13.1 Å². The summed E-state index contributed by atoms with van der Waals surface area (Å²) in [6.45, 7) is 5.73. The fraction of sp³-hybridized carbons (Fsp3) is 0.600. The molecule has 0 aromatic rings. The lowest BCUT2D eigenvalue weighted by molar-refractivity contribution is -0.132. The minimum atomic E-state index is -0.331. The Morgan fingerprint density at radius 1 is 1.79 bits per heavy atom. The molecule has 4 heteroatoms. The Morgan fingerprint density at radius 3 is 3.21 bits per heavy atom. The number of carbonyl (C=O) groups is 1. The van der Waals surface area contributed by atoms with E-state index in [9.17, 15) is 4.79 Å². The van der Waals surface area contributed by atoms with Crippen molar-refractivity contribution in [2.75, 3.05) is 19.6 Å². The number of nitriles is 1. The van der Waals surface area contributed by atoms with E-state index in [1.54, 1.807) is 11.0 Å². The van der Waals surface area contributed by atoms with Crippen LogP contribution in [0.3, 0.4) is 0 Å². The van der Waals surface area contributed by atoms with E-state index >= 15 is 0 Å². The average molecular weight is 193 g/mol. The lowest BCUT2D eigenvalue weighted by atomic mass is 10.2. The summed E-state index contributed by atoms with van der Waals surface area (Å²) in [6, 6.07) is 1.69. The fourth-order valence-electron chi connectivity index (χ4n) is 1.55. The van der Waals surface area contributed by atoms with Gasteiger partial charge in [0.15, 0.2) is 0 Å². The molecule has 1 fully saturated rings. The summed E-state index contributed by atoms with van der Waals surface area (Å²) in [5.41, 5.74) is 0. The predicted molar refractivity (Wildman–Crippen MR) is 53.4 cm³/mol. The van der Waals surface area contributed by atoms with Gasteiger partial charge in [0.1, 0.15) is 0 Å². The minimum absolute atomic E-state index is 0.0175. The van der Waals surface area contributed by atoms with Crippen LogP contribution in [0.15, 0.2) is 12.7 Å². The van der Waals surface area contributed by atoms with Gasteiger partial charge in [-0.3, -0.25) is 4.79 Å². The van der Waals surface area contributed by atoms with Gasteiger partial charge in [0.2, 0.25) is 5.91 Å². The van der Waals surface area contributed by atoms with Crippen molar-refractivity contribution in [3.8, 4) is 6.07 Å². The second kappa shape index (κ2) is 5.40.